The highest BCUT2D eigenvalue weighted by Crippen LogP contribution is 2.53. The summed E-state index contributed by atoms with van der Waals surface area (Å²) in [4.78, 5) is 40.5. The molecule has 0 unspecified atom stereocenters. The molecule has 30 heavy (non-hydrogen) atoms. The Kier molecular flexibility index (Phi) is 4.92. The summed E-state index contributed by atoms with van der Waals surface area (Å²) in [5.41, 5.74) is 0.438. The summed E-state index contributed by atoms with van der Waals surface area (Å²) in [6.07, 6.45) is 4.92. The summed E-state index contributed by atoms with van der Waals surface area (Å²) in [5.74, 6) is -0.895. The van der Waals surface area contributed by atoms with Crippen molar-refractivity contribution < 1.29 is 14.5 Å². The van der Waals surface area contributed by atoms with Crippen LogP contribution in [0.15, 0.2) is 30.4 Å². The first-order valence-electron chi connectivity index (χ1n) is 10.3. The normalized spacial score (nSPS) is 27.3. The van der Waals surface area contributed by atoms with E-state index in [1.54, 1.807) is 12.1 Å². The number of hydrogen-bond donors (Lipinski definition) is 1. The van der Waals surface area contributed by atoms with Gasteiger partial charge in [-0.3, -0.25) is 19.7 Å². The van der Waals surface area contributed by atoms with E-state index in [1.807, 2.05) is 26.2 Å². The molecule has 1 saturated heterocycles. The molecule has 8 nitrogen and oxygen atoms in total. The molecular formula is C22H28N4O4. The summed E-state index contributed by atoms with van der Waals surface area (Å²) in [5, 5.41) is 14.9. The van der Waals surface area contributed by atoms with Gasteiger partial charge in [0.1, 0.15) is 5.69 Å². The molecule has 1 aromatic rings. The second kappa shape index (κ2) is 7.19. The topological polar surface area (TPSA) is 95.8 Å². The third-order valence-electron chi connectivity index (χ3n) is 6.41. The first kappa shape index (κ1) is 20.5. The predicted octanol–water partition coefficient (Wildman–Crippen LogP) is 2.91. The Labute approximate surface area is 176 Å². The lowest BCUT2D eigenvalue weighted by Crippen LogP contribution is -2.34. The van der Waals surface area contributed by atoms with Gasteiger partial charge in [-0.2, -0.15) is 0 Å². The van der Waals surface area contributed by atoms with Gasteiger partial charge in [-0.05, 0) is 49.9 Å². The van der Waals surface area contributed by atoms with Crippen LogP contribution >= 0.6 is 0 Å². The molecule has 0 radical (unpaired) electrons. The molecule has 2 bridgehead atoms. The van der Waals surface area contributed by atoms with Crippen LogP contribution in [0, 0.1) is 39.2 Å². The second-order valence-electron chi connectivity index (χ2n) is 9.73. The largest absolute Gasteiger partial charge is 0.379 e. The third-order valence-corrected chi connectivity index (χ3v) is 6.41. The number of amides is 2. The van der Waals surface area contributed by atoms with Gasteiger partial charge in [-0.15, -0.1) is 0 Å². The van der Waals surface area contributed by atoms with Crippen LogP contribution in [0.3, 0.4) is 0 Å². The molecule has 8 heteroatoms. The summed E-state index contributed by atoms with van der Waals surface area (Å²) in [7, 11) is 3.97. The van der Waals surface area contributed by atoms with E-state index in [0.717, 1.165) is 17.9 Å². The molecule has 1 aromatic carbocycles. The van der Waals surface area contributed by atoms with E-state index in [4.69, 9.17) is 0 Å². The van der Waals surface area contributed by atoms with Gasteiger partial charge in [0.15, 0.2) is 0 Å². The van der Waals surface area contributed by atoms with Gasteiger partial charge in [-0.1, -0.05) is 26.0 Å². The van der Waals surface area contributed by atoms with Gasteiger partial charge in [-0.25, -0.2) is 4.90 Å². The fraction of sp³-hybridized carbons (Fsp3) is 0.545. The van der Waals surface area contributed by atoms with E-state index in [9.17, 15) is 19.7 Å². The van der Waals surface area contributed by atoms with Crippen LogP contribution in [0.2, 0.25) is 0 Å². The number of nitro groups is 1. The van der Waals surface area contributed by atoms with Crippen molar-refractivity contribution in [2.75, 3.05) is 37.4 Å². The SMILES string of the molecule is CN(C)CC(C)(C)CNc1ccc(N2C(=O)[C@@H]3[C@H](C2=O)[C@H]2C=C[C@H]3C2)cc1[N+](=O)[O-]. The molecule has 4 rings (SSSR count). The lowest BCUT2D eigenvalue weighted by atomic mass is 9.85. The first-order valence-corrected chi connectivity index (χ1v) is 10.3. The molecule has 3 aliphatic rings. The van der Waals surface area contributed by atoms with Gasteiger partial charge < -0.3 is 10.2 Å². The quantitative estimate of drug-likeness (QED) is 0.320. The monoisotopic (exact) mass is 412 g/mol. The summed E-state index contributed by atoms with van der Waals surface area (Å²) in [6.45, 7) is 5.54. The number of hydrogen-bond acceptors (Lipinski definition) is 6. The molecule has 0 aromatic heterocycles. The number of anilines is 2. The molecule has 1 N–H and O–H groups in total. The average molecular weight is 412 g/mol. The van der Waals surface area contributed by atoms with E-state index in [1.165, 1.54) is 6.07 Å². The third kappa shape index (κ3) is 3.39. The zero-order valence-electron chi connectivity index (χ0n) is 17.8. The molecule has 2 aliphatic carbocycles. The molecule has 1 aliphatic heterocycles. The average Bonchev–Trinajstić information content (AvgIpc) is 3.33. The highest BCUT2D eigenvalue weighted by atomic mass is 16.6. The van der Waals surface area contributed by atoms with Crippen LogP contribution in [-0.2, 0) is 9.59 Å². The van der Waals surface area contributed by atoms with Gasteiger partial charge in [0.2, 0.25) is 11.8 Å². The number of carbonyl (C=O) groups excluding carboxylic acids is 2. The second-order valence-corrected chi connectivity index (χ2v) is 9.73. The van der Waals surface area contributed by atoms with Crippen molar-refractivity contribution in [1.82, 2.24) is 4.90 Å². The molecule has 2 fully saturated rings. The standard InChI is InChI=1S/C22H28N4O4/c1-22(2,12-24(3)4)11-23-16-8-7-15(10-17(16)26(29)30)25-20(27)18-13-5-6-14(9-13)19(18)21(25)28/h5-8,10,13-14,18-19,23H,9,11-12H2,1-4H3/t13-,14-,18-,19+/m0/s1. The van der Waals surface area contributed by atoms with Crippen molar-refractivity contribution >= 4 is 28.9 Å². The molecule has 0 spiro atoms. The van der Waals surface area contributed by atoms with Gasteiger partial charge in [0, 0.05) is 19.2 Å². The highest BCUT2D eigenvalue weighted by Gasteiger charge is 2.59. The highest BCUT2D eigenvalue weighted by molar-refractivity contribution is 6.23. The Balaban J connectivity index is 1.58. The number of nitro benzene ring substituents is 1. The summed E-state index contributed by atoms with van der Waals surface area (Å²) >= 11 is 0. The number of benzene rings is 1. The van der Waals surface area contributed by atoms with Crippen LogP contribution in [0.5, 0.6) is 0 Å². The van der Waals surface area contributed by atoms with Crippen molar-refractivity contribution in [3.63, 3.8) is 0 Å². The number of carbonyl (C=O) groups is 2. The van der Waals surface area contributed by atoms with E-state index in [-0.39, 0.29) is 52.3 Å². The minimum atomic E-state index is -0.470. The zero-order chi connectivity index (χ0) is 21.8. The van der Waals surface area contributed by atoms with Crippen molar-refractivity contribution in [1.29, 1.82) is 0 Å². The maximum Gasteiger partial charge on any atom is 0.294 e. The van der Waals surface area contributed by atoms with Gasteiger partial charge >= 0.3 is 0 Å². The van der Waals surface area contributed by atoms with Crippen molar-refractivity contribution in [2.45, 2.75) is 20.3 Å². The van der Waals surface area contributed by atoms with E-state index < -0.39 is 4.92 Å². The minimum Gasteiger partial charge on any atom is -0.379 e. The van der Waals surface area contributed by atoms with Gasteiger partial charge in [0.25, 0.3) is 5.69 Å². The minimum absolute atomic E-state index is 0.0966. The fourth-order valence-corrected chi connectivity index (χ4v) is 5.36. The van der Waals surface area contributed by atoms with Crippen molar-refractivity contribution in [3.05, 3.63) is 40.5 Å². The predicted molar refractivity (Wildman–Crippen MR) is 114 cm³/mol. The number of imide groups is 1. The van der Waals surface area contributed by atoms with Crippen molar-refractivity contribution in [2.24, 2.45) is 29.1 Å². The van der Waals surface area contributed by atoms with E-state index in [0.29, 0.717) is 12.2 Å². The Bertz CT molecular complexity index is 909. The van der Waals surface area contributed by atoms with Crippen LogP contribution in [0.4, 0.5) is 17.1 Å². The summed E-state index contributed by atoms with van der Waals surface area (Å²) in [6, 6.07) is 4.56. The first-order chi connectivity index (χ1) is 14.1. The van der Waals surface area contributed by atoms with Gasteiger partial charge in [0.05, 0.1) is 22.4 Å². The smallest absolute Gasteiger partial charge is 0.294 e. The molecule has 1 saturated carbocycles. The number of fused-ring (bicyclic) bond motifs is 5. The lowest BCUT2D eigenvalue weighted by Gasteiger charge is -2.29. The number of nitrogens with zero attached hydrogens (tertiary/aromatic N) is 3. The van der Waals surface area contributed by atoms with Crippen LogP contribution in [0.1, 0.15) is 20.3 Å². The lowest BCUT2D eigenvalue weighted by molar-refractivity contribution is -0.383. The zero-order valence-corrected chi connectivity index (χ0v) is 17.8. The Hall–Kier alpha value is -2.74. The molecule has 4 atom stereocenters. The Morgan fingerprint density at radius 3 is 2.30 bits per heavy atom. The Morgan fingerprint density at radius 1 is 1.17 bits per heavy atom. The number of allylic oxidation sites excluding steroid dienone is 2. The van der Waals surface area contributed by atoms with E-state index >= 15 is 0 Å². The summed E-state index contributed by atoms with van der Waals surface area (Å²) < 4.78 is 0. The van der Waals surface area contributed by atoms with Crippen LogP contribution in [0.25, 0.3) is 0 Å². The molecular weight excluding hydrogens is 384 g/mol. The maximum atomic E-state index is 13.0. The van der Waals surface area contributed by atoms with Crippen LogP contribution in [-0.4, -0.2) is 48.8 Å². The van der Waals surface area contributed by atoms with Crippen LogP contribution < -0.4 is 10.2 Å². The molecule has 160 valence electrons. The van der Waals surface area contributed by atoms with E-state index in [2.05, 4.69) is 24.1 Å². The fourth-order valence-electron chi connectivity index (χ4n) is 5.36. The Morgan fingerprint density at radius 2 is 1.77 bits per heavy atom. The molecule has 2 amide bonds. The maximum absolute atomic E-state index is 13.0. The molecule has 1 heterocycles. The number of rotatable bonds is 7. The number of nitrogens with one attached hydrogen (secondary N) is 1. The van der Waals surface area contributed by atoms with Crippen molar-refractivity contribution in [3.8, 4) is 0 Å².